The fraction of sp³-hybridized carbons (Fsp3) is 0. The van der Waals surface area contributed by atoms with Crippen molar-refractivity contribution in [3.63, 3.8) is 0 Å². The lowest BCUT2D eigenvalue weighted by Crippen LogP contribution is -2.08. The molecule has 0 heterocycles. The Morgan fingerprint density at radius 1 is 0.436 bits per heavy atom. The molecule has 3 atom stereocenters. The van der Waals surface area contributed by atoms with Crippen molar-refractivity contribution in [1.29, 1.82) is 15.8 Å². The minimum Gasteiger partial charge on any atom is -0.401 e. The summed E-state index contributed by atoms with van der Waals surface area (Å²) in [6, 6.07) is 2.86. The van der Waals surface area contributed by atoms with Crippen molar-refractivity contribution >= 4 is 46.9 Å². The lowest BCUT2D eigenvalue weighted by molar-refractivity contribution is 0.227. The van der Waals surface area contributed by atoms with Crippen LogP contribution in [0.15, 0.2) is 0 Å². The van der Waals surface area contributed by atoms with Gasteiger partial charge in [-0.3, -0.25) is 14.7 Å². The summed E-state index contributed by atoms with van der Waals surface area (Å²) >= 11 is 0. The number of hydrogen-bond donors (Lipinski definition) is 9. The molecule has 0 aromatic heterocycles. The lowest BCUT2D eigenvalue weighted by Gasteiger charge is -2.22. The Labute approximate surface area is 213 Å². The minimum absolute atomic E-state index is 0.954. The largest absolute Gasteiger partial charge is 0.536 e. The van der Waals surface area contributed by atoms with Gasteiger partial charge in [0.15, 0.2) is 17.2 Å². The van der Waals surface area contributed by atoms with Gasteiger partial charge in [0.05, 0.1) is 0 Å². The Bertz CT molecular complexity index is 1370. The van der Waals surface area contributed by atoms with Crippen LogP contribution in [-0.2, 0) is 40.3 Å². The molecule has 0 radical (unpaired) electrons. The van der Waals surface area contributed by atoms with Crippen LogP contribution >= 0.6 is 46.9 Å². The van der Waals surface area contributed by atoms with Gasteiger partial charge in [-0.2, -0.15) is 28.7 Å². The molecule has 1 rings (SSSR count). The molecular formula is C9H9N3O21P6. The maximum atomic E-state index is 12.0. The van der Waals surface area contributed by atoms with E-state index in [9.17, 15) is 57.9 Å². The first-order valence-electron chi connectivity index (χ1n) is 8.07. The highest BCUT2D eigenvalue weighted by atomic mass is 31.3. The monoisotopic (exact) mass is 681 g/mol. The van der Waals surface area contributed by atoms with Crippen molar-refractivity contribution in [1.82, 2.24) is 0 Å². The maximum absolute atomic E-state index is 12.0. The van der Waals surface area contributed by atoms with Gasteiger partial charge >= 0.3 is 46.9 Å². The van der Waals surface area contributed by atoms with E-state index >= 15 is 0 Å². The number of hydrogen-bond acceptors (Lipinski definition) is 15. The van der Waals surface area contributed by atoms with Crippen molar-refractivity contribution in [3.05, 3.63) is 16.7 Å². The van der Waals surface area contributed by atoms with Crippen LogP contribution in [0.2, 0.25) is 0 Å². The predicted octanol–water partition coefficient (Wildman–Crippen LogP) is 0.0671. The number of rotatable bonds is 12. The van der Waals surface area contributed by atoms with Gasteiger partial charge in [-0.25, -0.2) is 27.4 Å². The standard InChI is InChI=1S/C9H9N3O21P6/c10-1-4-7(28-37(22,23)31-34(13,14)15)5(2-11)9(30-39(26,27)33-36(19,20)21)6(3-12)8(4)29-38(24,25)32-35(16,17)18/h(H,22,23)(H,24,25)(H,26,27)(H2,13,14,15)(H2,16,17,18)(H2,19,20,21). The molecule has 0 bridgehead atoms. The third kappa shape index (κ3) is 11.2. The van der Waals surface area contributed by atoms with Gasteiger partial charge in [0.25, 0.3) is 0 Å². The second-order valence-electron chi connectivity index (χ2n) is 5.84. The second-order valence-corrected chi connectivity index (χ2v) is 14.1. The van der Waals surface area contributed by atoms with Gasteiger partial charge in [0.1, 0.15) is 34.9 Å². The molecule has 0 saturated carbocycles. The van der Waals surface area contributed by atoms with Gasteiger partial charge < -0.3 is 42.9 Å². The van der Waals surface area contributed by atoms with Gasteiger partial charge in [0.2, 0.25) is 0 Å². The molecule has 1 aromatic rings. The first kappa shape index (κ1) is 35.0. The summed E-state index contributed by atoms with van der Waals surface area (Å²) in [4.78, 5) is 81.2. The Morgan fingerprint density at radius 2 is 0.615 bits per heavy atom. The molecule has 0 spiro atoms. The molecule has 0 aliphatic carbocycles. The first-order valence-corrected chi connectivity index (χ1v) is 17.1. The van der Waals surface area contributed by atoms with E-state index in [1.54, 1.807) is 0 Å². The summed E-state index contributed by atoms with van der Waals surface area (Å²) in [5.74, 6) is -5.55. The van der Waals surface area contributed by atoms with Crippen molar-refractivity contribution < 1.29 is 97.9 Å². The summed E-state index contributed by atoms with van der Waals surface area (Å²) in [6.07, 6.45) is 0. The zero-order valence-electron chi connectivity index (χ0n) is 17.4. The number of nitriles is 3. The minimum atomic E-state index is -6.18. The Balaban J connectivity index is 4.20. The Kier molecular flexibility index (Phi) is 10.6. The van der Waals surface area contributed by atoms with Crippen LogP contribution in [0.3, 0.4) is 0 Å². The van der Waals surface area contributed by atoms with Crippen LogP contribution in [0, 0.1) is 34.0 Å². The fourth-order valence-corrected chi connectivity index (χ4v) is 6.93. The summed E-state index contributed by atoms with van der Waals surface area (Å²) in [6.45, 7) is 0. The summed E-state index contributed by atoms with van der Waals surface area (Å²) in [5.41, 5.74) is -4.98. The van der Waals surface area contributed by atoms with Crippen LogP contribution in [0.4, 0.5) is 0 Å². The molecule has 1 aromatic carbocycles. The van der Waals surface area contributed by atoms with Crippen LogP contribution < -0.4 is 13.6 Å². The SMILES string of the molecule is N#Cc1c(OP(=O)(O)OP(=O)(O)O)c(C#N)c(OP(=O)(O)OP(=O)(O)O)c(C#N)c1OP(=O)(O)OP(=O)(O)O. The average molecular weight is 681 g/mol. The molecule has 0 saturated heterocycles. The van der Waals surface area contributed by atoms with E-state index in [1.165, 1.54) is 0 Å². The molecule has 216 valence electrons. The van der Waals surface area contributed by atoms with E-state index < -0.39 is 80.9 Å². The molecule has 0 fully saturated rings. The topological polar surface area (TPSA) is 411 Å². The highest BCUT2D eigenvalue weighted by molar-refractivity contribution is 7.61. The quantitative estimate of drug-likeness (QED) is 0.132. The van der Waals surface area contributed by atoms with Crippen LogP contribution in [0.1, 0.15) is 16.7 Å². The van der Waals surface area contributed by atoms with E-state index in [0.717, 1.165) is 18.2 Å². The van der Waals surface area contributed by atoms with Crippen LogP contribution in [0.5, 0.6) is 17.2 Å². The van der Waals surface area contributed by atoms with Gasteiger partial charge in [-0.15, -0.1) is 0 Å². The van der Waals surface area contributed by atoms with Crippen molar-refractivity contribution in [2.24, 2.45) is 0 Å². The van der Waals surface area contributed by atoms with Crippen molar-refractivity contribution in [2.75, 3.05) is 0 Å². The van der Waals surface area contributed by atoms with Gasteiger partial charge in [-0.1, -0.05) is 0 Å². The smallest absolute Gasteiger partial charge is 0.401 e. The maximum Gasteiger partial charge on any atom is 0.536 e. The summed E-state index contributed by atoms with van der Waals surface area (Å²) in [5, 5.41) is 28.3. The normalized spacial score (nSPS) is 16.8. The lowest BCUT2D eigenvalue weighted by atomic mass is 10.0. The van der Waals surface area contributed by atoms with Gasteiger partial charge in [-0.05, 0) is 0 Å². The third-order valence-electron chi connectivity index (χ3n) is 2.95. The number of benzene rings is 1. The Hall–Kier alpha value is -2.01. The van der Waals surface area contributed by atoms with Crippen LogP contribution in [0.25, 0.3) is 0 Å². The van der Waals surface area contributed by atoms with Gasteiger partial charge in [0, 0.05) is 0 Å². The predicted molar refractivity (Wildman–Crippen MR) is 111 cm³/mol. The number of phosphoric acid groups is 6. The average Bonchev–Trinajstić information content (AvgIpc) is 2.61. The molecule has 0 aliphatic heterocycles. The highest BCUT2D eigenvalue weighted by Crippen LogP contribution is 2.64. The Morgan fingerprint density at radius 3 is 0.744 bits per heavy atom. The molecule has 0 amide bonds. The summed E-state index contributed by atoms with van der Waals surface area (Å²) < 4.78 is 91.8. The first-order chi connectivity index (χ1) is 17.3. The zero-order valence-corrected chi connectivity index (χ0v) is 22.8. The molecule has 30 heteroatoms. The molecule has 9 N–H and O–H groups in total. The molecule has 39 heavy (non-hydrogen) atoms. The van der Waals surface area contributed by atoms with E-state index in [1.807, 2.05) is 0 Å². The van der Waals surface area contributed by atoms with Crippen molar-refractivity contribution in [2.45, 2.75) is 0 Å². The van der Waals surface area contributed by atoms with E-state index in [4.69, 9.17) is 29.4 Å². The highest BCUT2D eigenvalue weighted by Gasteiger charge is 2.43. The van der Waals surface area contributed by atoms with Crippen LogP contribution in [-0.4, -0.2) is 44.0 Å². The van der Waals surface area contributed by atoms with Crippen molar-refractivity contribution in [3.8, 4) is 35.5 Å². The fourth-order valence-electron chi connectivity index (χ4n) is 2.06. The molecular weight excluding hydrogens is 672 g/mol. The molecule has 3 unspecified atom stereocenters. The van der Waals surface area contributed by atoms with E-state index in [2.05, 4.69) is 26.5 Å². The summed E-state index contributed by atoms with van der Waals surface area (Å²) in [7, 11) is -36.3. The number of phosphoric ester groups is 3. The zero-order chi connectivity index (χ0) is 30.8. The number of nitrogens with zero attached hydrogens (tertiary/aromatic N) is 3. The van der Waals surface area contributed by atoms with E-state index in [-0.39, 0.29) is 0 Å². The molecule has 0 aliphatic rings. The third-order valence-corrected chi connectivity index (χ3v) is 9.22. The molecule has 24 nitrogen and oxygen atoms in total. The van der Waals surface area contributed by atoms with E-state index in [0.29, 0.717) is 0 Å². The second kappa shape index (κ2) is 11.8.